The highest BCUT2D eigenvalue weighted by Gasteiger charge is 2.11. The molecule has 0 aliphatic heterocycles. The number of rotatable bonds is 5. The van der Waals surface area contributed by atoms with Gasteiger partial charge in [0.2, 0.25) is 5.95 Å². The van der Waals surface area contributed by atoms with Crippen LogP contribution in [-0.2, 0) is 4.74 Å². The van der Waals surface area contributed by atoms with Gasteiger partial charge in [-0.15, -0.1) is 0 Å². The van der Waals surface area contributed by atoms with E-state index in [4.69, 9.17) is 4.74 Å². The van der Waals surface area contributed by atoms with Crippen molar-refractivity contribution < 1.29 is 14.3 Å². The number of anilines is 2. The highest BCUT2D eigenvalue weighted by atomic mass is 16.5. The van der Waals surface area contributed by atoms with Crippen LogP contribution in [0.1, 0.15) is 22.8 Å². The van der Waals surface area contributed by atoms with Gasteiger partial charge in [-0.05, 0) is 43.7 Å². The second kappa shape index (κ2) is 7.60. The number of hydrogen-bond donors (Lipinski definition) is 1. The minimum Gasteiger partial charge on any atom is -0.619 e. The van der Waals surface area contributed by atoms with Crippen LogP contribution in [0.4, 0.5) is 11.6 Å². The van der Waals surface area contributed by atoms with Crippen LogP contribution < -0.4 is 10.0 Å². The molecular formula is C19H18N4O3. The van der Waals surface area contributed by atoms with Gasteiger partial charge in [0, 0.05) is 18.0 Å². The molecule has 132 valence electrons. The Balaban J connectivity index is 1.88. The van der Waals surface area contributed by atoms with Gasteiger partial charge in [-0.25, -0.2) is 14.8 Å². The van der Waals surface area contributed by atoms with E-state index in [0.717, 1.165) is 10.3 Å². The summed E-state index contributed by atoms with van der Waals surface area (Å²) in [5.41, 5.74) is 3.40. The molecule has 26 heavy (non-hydrogen) atoms. The quantitative estimate of drug-likeness (QED) is 0.432. The molecule has 7 heteroatoms. The number of ether oxygens (including phenoxy) is 1. The van der Waals surface area contributed by atoms with Crippen molar-refractivity contribution in [3.05, 3.63) is 71.3 Å². The zero-order valence-corrected chi connectivity index (χ0v) is 14.5. The monoisotopic (exact) mass is 350 g/mol. The highest BCUT2D eigenvalue weighted by Crippen LogP contribution is 2.22. The average molecular weight is 350 g/mol. The second-order valence-electron chi connectivity index (χ2n) is 5.59. The van der Waals surface area contributed by atoms with E-state index in [2.05, 4.69) is 15.3 Å². The first kappa shape index (κ1) is 17.3. The van der Waals surface area contributed by atoms with Crippen molar-refractivity contribution in [1.29, 1.82) is 0 Å². The lowest BCUT2D eigenvalue weighted by molar-refractivity contribution is -0.604. The molecule has 2 aromatic heterocycles. The SMILES string of the molecule is CCOC(=O)c1ccc(C)c(Nc2nccc(-c3ccc[n+]([O-])c3)n2)c1. The van der Waals surface area contributed by atoms with E-state index in [0.29, 0.717) is 35.1 Å². The van der Waals surface area contributed by atoms with E-state index in [1.54, 1.807) is 43.5 Å². The van der Waals surface area contributed by atoms with Gasteiger partial charge >= 0.3 is 5.97 Å². The van der Waals surface area contributed by atoms with Crippen molar-refractivity contribution in [3.63, 3.8) is 0 Å². The van der Waals surface area contributed by atoms with Crippen LogP contribution in [0.5, 0.6) is 0 Å². The molecule has 3 rings (SSSR count). The van der Waals surface area contributed by atoms with Crippen LogP contribution in [-0.4, -0.2) is 22.5 Å². The third-order valence-corrected chi connectivity index (χ3v) is 3.72. The summed E-state index contributed by atoms with van der Waals surface area (Å²) in [6.45, 7) is 4.00. The van der Waals surface area contributed by atoms with Crippen molar-refractivity contribution >= 4 is 17.6 Å². The van der Waals surface area contributed by atoms with Gasteiger partial charge in [-0.3, -0.25) is 0 Å². The molecule has 1 N–H and O–H groups in total. The summed E-state index contributed by atoms with van der Waals surface area (Å²) in [5, 5.41) is 14.6. The molecule has 0 bridgehead atoms. The smallest absolute Gasteiger partial charge is 0.338 e. The minimum absolute atomic E-state index is 0.317. The molecule has 3 aromatic rings. The number of esters is 1. The largest absolute Gasteiger partial charge is 0.619 e. The third-order valence-electron chi connectivity index (χ3n) is 3.72. The van der Waals surface area contributed by atoms with Gasteiger partial charge in [0.25, 0.3) is 0 Å². The molecular weight excluding hydrogens is 332 g/mol. The first-order valence-electron chi connectivity index (χ1n) is 8.14. The van der Waals surface area contributed by atoms with E-state index in [1.807, 2.05) is 13.0 Å². The molecule has 0 aliphatic rings. The number of hydrogen-bond acceptors (Lipinski definition) is 6. The van der Waals surface area contributed by atoms with E-state index in [9.17, 15) is 10.0 Å². The Morgan fingerprint density at radius 3 is 2.92 bits per heavy atom. The van der Waals surface area contributed by atoms with Gasteiger partial charge in [0.15, 0.2) is 12.4 Å². The maximum absolute atomic E-state index is 11.9. The molecule has 0 fully saturated rings. The number of aromatic nitrogens is 3. The number of nitrogens with zero attached hydrogens (tertiary/aromatic N) is 3. The maximum atomic E-state index is 11.9. The first-order valence-corrected chi connectivity index (χ1v) is 8.14. The summed E-state index contributed by atoms with van der Waals surface area (Å²) < 4.78 is 5.75. The van der Waals surface area contributed by atoms with Crippen LogP contribution in [0.2, 0.25) is 0 Å². The van der Waals surface area contributed by atoms with Crippen molar-refractivity contribution in [2.24, 2.45) is 0 Å². The molecule has 2 heterocycles. The Hall–Kier alpha value is -3.48. The molecule has 0 atom stereocenters. The molecule has 0 spiro atoms. The summed E-state index contributed by atoms with van der Waals surface area (Å²) in [6.07, 6.45) is 4.46. The Morgan fingerprint density at radius 1 is 1.31 bits per heavy atom. The van der Waals surface area contributed by atoms with Gasteiger partial charge in [-0.2, -0.15) is 4.73 Å². The van der Waals surface area contributed by atoms with Gasteiger partial charge in [0.05, 0.1) is 23.4 Å². The summed E-state index contributed by atoms with van der Waals surface area (Å²) in [7, 11) is 0. The van der Waals surface area contributed by atoms with Crippen LogP contribution in [0.3, 0.4) is 0 Å². The third kappa shape index (κ3) is 3.94. The molecule has 0 aliphatic carbocycles. The predicted octanol–water partition coefficient (Wildman–Crippen LogP) is 3.01. The van der Waals surface area contributed by atoms with Crippen molar-refractivity contribution in [2.75, 3.05) is 11.9 Å². The van der Waals surface area contributed by atoms with Gasteiger partial charge < -0.3 is 15.3 Å². The molecule has 1 aromatic carbocycles. The lowest BCUT2D eigenvalue weighted by atomic mass is 10.1. The second-order valence-corrected chi connectivity index (χ2v) is 5.59. The normalized spacial score (nSPS) is 10.4. The number of nitrogens with one attached hydrogen (secondary N) is 1. The fourth-order valence-electron chi connectivity index (χ4n) is 2.40. The lowest BCUT2D eigenvalue weighted by Crippen LogP contribution is -2.24. The zero-order chi connectivity index (χ0) is 18.5. The average Bonchev–Trinajstić information content (AvgIpc) is 2.64. The molecule has 0 unspecified atom stereocenters. The number of pyridine rings is 1. The Bertz CT molecular complexity index is 944. The molecule has 0 saturated heterocycles. The summed E-state index contributed by atoms with van der Waals surface area (Å²) in [6, 6.07) is 10.4. The van der Waals surface area contributed by atoms with Crippen LogP contribution >= 0.6 is 0 Å². The molecule has 0 saturated carbocycles. The maximum Gasteiger partial charge on any atom is 0.338 e. The Labute approximate surface area is 150 Å². The topological polar surface area (TPSA) is 91.0 Å². The predicted molar refractivity (Wildman–Crippen MR) is 96.8 cm³/mol. The summed E-state index contributed by atoms with van der Waals surface area (Å²) >= 11 is 0. The fourth-order valence-corrected chi connectivity index (χ4v) is 2.40. The van der Waals surface area contributed by atoms with Crippen molar-refractivity contribution in [2.45, 2.75) is 13.8 Å². The number of benzene rings is 1. The number of carbonyl (C=O) groups excluding carboxylic acids is 1. The molecule has 0 amide bonds. The van der Waals surface area contributed by atoms with Gasteiger partial charge in [-0.1, -0.05) is 6.07 Å². The first-order chi connectivity index (χ1) is 12.6. The van der Waals surface area contributed by atoms with Crippen LogP contribution in [0, 0.1) is 12.1 Å². The Morgan fingerprint density at radius 2 is 2.15 bits per heavy atom. The van der Waals surface area contributed by atoms with Crippen LogP contribution in [0.25, 0.3) is 11.3 Å². The van der Waals surface area contributed by atoms with Crippen LogP contribution in [0.15, 0.2) is 55.0 Å². The summed E-state index contributed by atoms with van der Waals surface area (Å²) in [5.74, 6) is -0.0117. The van der Waals surface area contributed by atoms with E-state index < -0.39 is 0 Å². The standard InChI is InChI=1S/C19H18N4O3/c1-3-26-18(24)14-7-6-13(2)17(11-14)22-19-20-9-8-16(21-19)15-5-4-10-23(25)12-15/h4-12H,3H2,1-2H3,(H,20,21,22). The molecule has 0 radical (unpaired) electrons. The minimum atomic E-state index is -0.380. The van der Waals surface area contributed by atoms with Crippen molar-refractivity contribution in [3.8, 4) is 11.3 Å². The highest BCUT2D eigenvalue weighted by molar-refractivity contribution is 5.91. The van der Waals surface area contributed by atoms with E-state index >= 15 is 0 Å². The Kier molecular flexibility index (Phi) is 5.07. The number of aryl methyl sites for hydroxylation is 1. The summed E-state index contributed by atoms with van der Waals surface area (Å²) in [4.78, 5) is 20.6. The van der Waals surface area contributed by atoms with E-state index in [1.165, 1.54) is 12.4 Å². The zero-order valence-electron chi connectivity index (χ0n) is 14.5. The molecule has 7 nitrogen and oxygen atoms in total. The fraction of sp³-hybridized carbons (Fsp3) is 0.158. The van der Waals surface area contributed by atoms with Gasteiger partial charge in [0.1, 0.15) is 0 Å². The van der Waals surface area contributed by atoms with Crippen molar-refractivity contribution in [1.82, 2.24) is 9.97 Å². The van der Waals surface area contributed by atoms with E-state index in [-0.39, 0.29) is 5.97 Å². The number of carbonyl (C=O) groups is 1. The lowest BCUT2D eigenvalue weighted by Gasteiger charge is -2.11.